The van der Waals surface area contributed by atoms with E-state index in [1.54, 1.807) is 30.3 Å². The van der Waals surface area contributed by atoms with Crippen LogP contribution >= 0.6 is 11.6 Å². The zero-order chi connectivity index (χ0) is 11.8. The fraction of sp³-hybridized carbons (Fsp3) is 0. The third kappa shape index (κ3) is 1.78. The number of benzene rings is 2. The largest absolute Gasteiger partial charge is 0.433 e. The summed E-state index contributed by atoms with van der Waals surface area (Å²) in [7, 11) is 0. The molecule has 0 N–H and O–H groups in total. The van der Waals surface area contributed by atoms with Gasteiger partial charge in [-0.25, -0.2) is 9.37 Å². The van der Waals surface area contributed by atoms with Gasteiger partial charge in [-0.3, -0.25) is 0 Å². The van der Waals surface area contributed by atoms with Crippen LogP contribution in [0.2, 0.25) is 5.02 Å². The highest BCUT2D eigenvalue weighted by molar-refractivity contribution is 6.30. The Labute approximate surface area is 102 Å². The number of aromatic nitrogens is 1. The quantitative estimate of drug-likeness (QED) is 0.641. The minimum absolute atomic E-state index is 0.169. The topological polar surface area (TPSA) is 26.0 Å². The van der Waals surface area contributed by atoms with E-state index in [0.717, 1.165) is 5.56 Å². The van der Waals surface area contributed by atoms with Crippen LogP contribution in [-0.2, 0) is 0 Å². The Bertz CT molecular complexity index is 693. The minimum atomic E-state index is -0.414. The number of hydrogen-bond donors (Lipinski definition) is 0. The van der Waals surface area contributed by atoms with Crippen molar-refractivity contribution in [2.75, 3.05) is 0 Å². The van der Waals surface area contributed by atoms with Crippen molar-refractivity contribution in [3.8, 4) is 11.5 Å². The number of para-hydroxylation sites is 1. The first-order valence-corrected chi connectivity index (χ1v) is 5.43. The van der Waals surface area contributed by atoms with Gasteiger partial charge < -0.3 is 4.42 Å². The SMILES string of the molecule is Fc1cccc2nc(-c3cccc(Cl)c3)oc12. The molecule has 4 heteroatoms. The van der Waals surface area contributed by atoms with Gasteiger partial charge in [-0.15, -0.1) is 0 Å². The summed E-state index contributed by atoms with van der Waals surface area (Å²) >= 11 is 5.88. The molecule has 1 heterocycles. The zero-order valence-corrected chi connectivity index (χ0v) is 9.41. The molecule has 3 aromatic rings. The van der Waals surface area contributed by atoms with Gasteiger partial charge in [0, 0.05) is 10.6 Å². The second-order valence-corrected chi connectivity index (χ2v) is 4.05. The molecule has 0 atom stereocenters. The van der Waals surface area contributed by atoms with Crippen molar-refractivity contribution in [3.05, 3.63) is 53.3 Å². The second kappa shape index (κ2) is 3.86. The van der Waals surface area contributed by atoms with Crippen LogP contribution in [0.25, 0.3) is 22.6 Å². The maximum atomic E-state index is 13.4. The lowest BCUT2D eigenvalue weighted by Gasteiger charge is -1.94. The second-order valence-electron chi connectivity index (χ2n) is 3.62. The van der Waals surface area contributed by atoms with Crippen LogP contribution in [0, 0.1) is 5.82 Å². The molecular weight excluding hydrogens is 241 g/mol. The molecule has 2 nitrogen and oxygen atoms in total. The molecule has 0 spiro atoms. The summed E-state index contributed by atoms with van der Waals surface area (Å²) in [6, 6.07) is 11.7. The van der Waals surface area contributed by atoms with Crippen molar-refractivity contribution in [3.63, 3.8) is 0 Å². The molecule has 17 heavy (non-hydrogen) atoms. The van der Waals surface area contributed by atoms with Gasteiger partial charge in [0.05, 0.1) is 0 Å². The number of hydrogen-bond acceptors (Lipinski definition) is 2. The van der Waals surface area contributed by atoms with Crippen LogP contribution in [0.1, 0.15) is 0 Å². The van der Waals surface area contributed by atoms with E-state index in [9.17, 15) is 4.39 Å². The maximum Gasteiger partial charge on any atom is 0.227 e. The van der Waals surface area contributed by atoms with Crippen molar-refractivity contribution in [1.29, 1.82) is 0 Å². The molecule has 0 radical (unpaired) electrons. The normalized spacial score (nSPS) is 10.9. The number of oxazole rings is 1. The van der Waals surface area contributed by atoms with Gasteiger partial charge in [-0.2, -0.15) is 0 Å². The van der Waals surface area contributed by atoms with Crippen LogP contribution in [0.15, 0.2) is 46.9 Å². The first kappa shape index (κ1) is 10.3. The lowest BCUT2D eigenvalue weighted by Crippen LogP contribution is -1.76. The van der Waals surface area contributed by atoms with Gasteiger partial charge in [0.2, 0.25) is 5.89 Å². The number of fused-ring (bicyclic) bond motifs is 1. The summed E-state index contributed by atoms with van der Waals surface area (Å²) in [6.45, 7) is 0. The summed E-state index contributed by atoms with van der Waals surface area (Å²) in [5.41, 5.74) is 1.40. The Morgan fingerprint density at radius 1 is 1.12 bits per heavy atom. The number of rotatable bonds is 1. The van der Waals surface area contributed by atoms with Crippen molar-refractivity contribution >= 4 is 22.7 Å². The predicted octanol–water partition coefficient (Wildman–Crippen LogP) is 4.29. The molecule has 3 rings (SSSR count). The lowest BCUT2D eigenvalue weighted by atomic mass is 10.2. The summed E-state index contributed by atoms with van der Waals surface area (Å²) in [5.74, 6) is -0.0455. The molecule has 0 aliphatic carbocycles. The fourth-order valence-electron chi connectivity index (χ4n) is 1.66. The van der Waals surface area contributed by atoms with Gasteiger partial charge in [0.1, 0.15) is 5.52 Å². The molecule has 84 valence electrons. The van der Waals surface area contributed by atoms with Crippen LogP contribution in [0.4, 0.5) is 4.39 Å². The van der Waals surface area contributed by atoms with Crippen LogP contribution < -0.4 is 0 Å². The number of halogens is 2. The Hall–Kier alpha value is -1.87. The Kier molecular flexibility index (Phi) is 2.34. The smallest absolute Gasteiger partial charge is 0.227 e. The molecule has 0 amide bonds. The zero-order valence-electron chi connectivity index (χ0n) is 8.65. The van der Waals surface area contributed by atoms with Gasteiger partial charge >= 0.3 is 0 Å². The van der Waals surface area contributed by atoms with E-state index in [-0.39, 0.29) is 5.58 Å². The van der Waals surface area contributed by atoms with E-state index in [1.807, 2.05) is 6.07 Å². The summed E-state index contributed by atoms with van der Waals surface area (Å²) < 4.78 is 18.8. The molecule has 0 unspecified atom stereocenters. The van der Waals surface area contributed by atoms with E-state index >= 15 is 0 Å². The number of nitrogens with zero attached hydrogens (tertiary/aromatic N) is 1. The summed E-state index contributed by atoms with van der Waals surface area (Å²) in [6.07, 6.45) is 0. The molecular formula is C13H7ClFNO. The molecule has 0 aliphatic rings. The van der Waals surface area contributed by atoms with Crippen molar-refractivity contribution in [1.82, 2.24) is 4.98 Å². The van der Waals surface area contributed by atoms with E-state index in [2.05, 4.69) is 4.98 Å². The van der Waals surface area contributed by atoms with Crippen LogP contribution in [0.5, 0.6) is 0 Å². The first-order chi connectivity index (χ1) is 8.24. The highest BCUT2D eigenvalue weighted by Gasteiger charge is 2.11. The maximum absolute atomic E-state index is 13.4. The molecule has 0 bridgehead atoms. The highest BCUT2D eigenvalue weighted by Crippen LogP contribution is 2.27. The van der Waals surface area contributed by atoms with Gasteiger partial charge in [0.15, 0.2) is 11.4 Å². The molecule has 2 aromatic carbocycles. The average Bonchev–Trinajstić information content (AvgIpc) is 2.74. The predicted molar refractivity (Wildman–Crippen MR) is 64.4 cm³/mol. The Morgan fingerprint density at radius 2 is 1.94 bits per heavy atom. The molecule has 0 saturated carbocycles. The molecule has 0 fully saturated rings. The molecule has 0 aliphatic heterocycles. The third-order valence-corrected chi connectivity index (χ3v) is 2.67. The Morgan fingerprint density at radius 3 is 2.71 bits per heavy atom. The fourth-order valence-corrected chi connectivity index (χ4v) is 1.85. The van der Waals surface area contributed by atoms with Gasteiger partial charge in [-0.05, 0) is 30.3 Å². The van der Waals surface area contributed by atoms with Gasteiger partial charge in [-0.1, -0.05) is 23.7 Å². The van der Waals surface area contributed by atoms with E-state index < -0.39 is 5.82 Å². The van der Waals surface area contributed by atoms with E-state index in [1.165, 1.54) is 6.07 Å². The standard InChI is InChI=1S/C13H7ClFNO/c14-9-4-1-3-8(7-9)13-16-11-6-2-5-10(15)12(11)17-13/h1-7H. The highest BCUT2D eigenvalue weighted by atomic mass is 35.5. The average molecular weight is 248 g/mol. The Balaban J connectivity index is 2.22. The third-order valence-electron chi connectivity index (χ3n) is 2.44. The first-order valence-electron chi connectivity index (χ1n) is 5.05. The minimum Gasteiger partial charge on any atom is -0.433 e. The summed E-state index contributed by atoms with van der Waals surface area (Å²) in [5, 5.41) is 0.588. The van der Waals surface area contributed by atoms with E-state index in [4.69, 9.17) is 16.0 Å². The molecule has 1 aromatic heterocycles. The summed E-state index contributed by atoms with van der Waals surface area (Å²) in [4.78, 5) is 4.22. The monoisotopic (exact) mass is 247 g/mol. The molecule has 0 saturated heterocycles. The van der Waals surface area contributed by atoms with Crippen molar-refractivity contribution < 1.29 is 8.81 Å². The van der Waals surface area contributed by atoms with Gasteiger partial charge in [0.25, 0.3) is 0 Å². The van der Waals surface area contributed by atoms with E-state index in [0.29, 0.717) is 16.4 Å². The lowest BCUT2D eigenvalue weighted by molar-refractivity contribution is 0.564. The van der Waals surface area contributed by atoms with Crippen molar-refractivity contribution in [2.45, 2.75) is 0 Å². The van der Waals surface area contributed by atoms with Crippen LogP contribution in [0.3, 0.4) is 0 Å². The van der Waals surface area contributed by atoms with Crippen molar-refractivity contribution in [2.24, 2.45) is 0 Å². The van der Waals surface area contributed by atoms with Crippen LogP contribution in [-0.4, -0.2) is 4.98 Å².